The minimum absolute atomic E-state index is 0.676. The maximum Gasteiger partial charge on any atom is 0.0701 e. The lowest BCUT2D eigenvalue weighted by Gasteiger charge is -2.06. The van der Waals surface area contributed by atoms with Crippen LogP contribution in [0.1, 0.15) is 25.5 Å². The molecule has 0 atom stereocenters. The summed E-state index contributed by atoms with van der Waals surface area (Å²) in [5.41, 5.74) is 1.06. The number of hydrogen-bond acceptors (Lipinski definition) is 4. The number of ether oxygens (including phenoxy) is 2. The van der Waals surface area contributed by atoms with Crippen molar-refractivity contribution in [3.8, 4) is 0 Å². The van der Waals surface area contributed by atoms with Crippen LogP contribution in [-0.2, 0) is 16.0 Å². The second kappa shape index (κ2) is 11.1. The molecular formula is C14H24N2O2. The molecule has 1 heterocycles. The first-order valence-corrected chi connectivity index (χ1v) is 6.69. The fourth-order valence-electron chi connectivity index (χ4n) is 1.43. The van der Waals surface area contributed by atoms with Gasteiger partial charge in [0.2, 0.25) is 0 Å². The number of unbranched alkanes of at least 4 members (excludes halogenated alkanes) is 1. The van der Waals surface area contributed by atoms with E-state index in [1.807, 2.05) is 18.2 Å². The highest BCUT2D eigenvalue weighted by Crippen LogP contribution is 1.91. The molecule has 0 saturated heterocycles. The van der Waals surface area contributed by atoms with E-state index in [1.54, 1.807) is 6.20 Å². The lowest BCUT2D eigenvalue weighted by molar-refractivity contribution is 0.0477. The van der Waals surface area contributed by atoms with Gasteiger partial charge in [-0.15, -0.1) is 0 Å². The second-order valence-electron chi connectivity index (χ2n) is 4.08. The summed E-state index contributed by atoms with van der Waals surface area (Å²) in [6, 6.07) is 5.93. The summed E-state index contributed by atoms with van der Waals surface area (Å²) in [6.07, 6.45) is 4.12. The van der Waals surface area contributed by atoms with Gasteiger partial charge in [0, 0.05) is 25.9 Å². The highest BCUT2D eigenvalue weighted by molar-refractivity contribution is 5.02. The molecular weight excluding hydrogens is 228 g/mol. The number of nitrogens with zero attached hydrogens (tertiary/aromatic N) is 1. The summed E-state index contributed by atoms with van der Waals surface area (Å²) in [4.78, 5) is 4.23. The number of hydrogen-bond donors (Lipinski definition) is 1. The Morgan fingerprint density at radius 1 is 1.11 bits per heavy atom. The van der Waals surface area contributed by atoms with E-state index in [-0.39, 0.29) is 0 Å². The van der Waals surface area contributed by atoms with Crippen LogP contribution in [0.4, 0.5) is 0 Å². The Labute approximate surface area is 110 Å². The van der Waals surface area contributed by atoms with Gasteiger partial charge in [-0.2, -0.15) is 0 Å². The third-order valence-corrected chi connectivity index (χ3v) is 2.47. The van der Waals surface area contributed by atoms with E-state index in [4.69, 9.17) is 9.47 Å². The number of nitrogens with one attached hydrogen (secondary N) is 1. The van der Waals surface area contributed by atoms with Crippen molar-refractivity contribution in [3.63, 3.8) is 0 Å². The largest absolute Gasteiger partial charge is 0.379 e. The van der Waals surface area contributed by atoms with Gasteiger partial charge in [0.1, 0.15) is 0 Å². The monoisotopic (exact) mass is 252 g/mol. The molecule has 0 saturated carbocycles. The highest BCUT2D eigenvalue weighted by Gasteiger charge is 1.93. The van der Waals surface area contributed by atoms with Crippen molar-refractivity contribution >= 4 is 0 Å². The van der Waals surface area contributed by atoms with Gasteiger partial charge in [-0.05, 0) is 18.6 Å². The topological polar surface area (TPSA) is 43.4 Å². The van der Waals surface area contributed by atoms with E-state index in [1.165, 1.54) is 6.42 Å². The first-order chi connectivity index (χ1) is 8.93. The van der Waals surface area contributed by atoms with Crippen LogP contribution in [-0.4, -0.2) is 38.0 Å². The maximum absolute atomic E-state index is 5.44. The Morgan fingerprint density at radius 3 is 2.67 bits per heavy atom. The molecule has 18 heavy (non-hydrogen) atoms. The van der Waals surface area contributed by atoms with Crippen LogP contribution in [0.5, 0.6) is 0 Å². The van der Waals surface area contributed by atoms with E-state index in [2.05, 4.69) is 17.2 Å². The summed E-state index contributed by atoms with van der Waals surface area (Å²) < 4.78 is 10.8. The first-order valence-electron chi connectivity index (χ1n) is 6.69. The predicted molar refractivity (Wildman–Crippen MR) is 72.5 cm³/mol. The first kappa shape index (κ1) is 15.1. The molecule has 0 aliphatic heterocycles. The van der Waals surface area contributed by atoms with E-state index < -0.39 is 0 Å². The zero-order valence-corrected chi connectivity index (χ0v) is 11.2. The minimum Gasteiger partial charge on any atom is -0.379 e. The molecule has 102 valence electrons. The van der Waals surface area contributed by atoms with Gasteiger partial charge in [-0.1, -0.05) is 19.4 Å². The fraction of sp³-hybridized carbons (Fsp3) is 0.643. The third kappa shape index (κ3) is 8.17. The molecule has 0 bridgehead atoms. The average molecular weight is 252 g/mol. The van der Waals surface area contributed by atoms with E-state index in [9.17, 15) is 0 Å². The zero-order valence-electron chi connectivity index (χ0n) is 11.2. The quantitative estimate of drug-likeness (QED) is 0.612. The standard InChI is InChI=1S/C14H24N2O2/c1-2-3-9-17-11-12-18-10-8-15-13-14-6-4-5-7-16-14/h4-7,15H,2-3,8-13H2,1H3. The van der Waals surface area contributed by atoms with E-state index >= 15 is 0 Å². The molecule has 0 unspecified atom stereocenters. The van der Waals surface area contributed by atoms with Crippen LogP contribution in [0.25, 0.3) is 0 Å². The SMILES string of the molecule is CCCCOCCOCCNCc1ccccn1. The van der Waals surface area contributed by atoms with Crippen LogP contribution in [0, 0.1) is 0 Å². The molecule has 0 aliphatic carbocycles. The van der Waals surface area contributed by atoms with Gasteiger partial charge in [0.25, 0.3) is 0 Å². The third-order valence-electron chi connectivity index (χ3n) is 2.47. The predicted octanol–water partition coefficient (Wildman–Crippen LogP) is 2.00. The molecule has 1 aromatic heterocycles. The normalized spacial score (nSPS) is 10.7. The van der Waals surface area contributed by atoms with Gasteiger partial charge in [0.05, 0.1) is 25.5 Å². The summed E-state index contributed by atoms with van der Waals surface area (Å²) >= 11 is 0. The van der Waals surface area contributed by atoms with Crippen molar-refractivity contribution in [3.05, 3.63) is 30.1 Å². The number of aromatic nitrogens is 1. The van der Waals surface area contributed by atoms with Crippen LogP contribution in [0.3, 0.4) is 0 Å². The summed E-state index contributed by atoms with van der Waals surface area (Å²) in [5, 5.41) is 3.28. The number of rotatable bonds is 11. The van der Waals surface area contributed by atoms with Crippen LogP contribution in [0.15, 0.2) is 24.4 Å². The molecule has 0 amide bonds. The molecule has 0 fully saturated rings. The second-order valence-corrected chi connectivity index (χ2v) is 4.08. The molecule has 0 spiro atoms. The molecule has 4 nitrogen and oxygen atoms in total. The van der Waals surface area contributed by atoms with Gasteiger partial charge in [-0.3, -0.25) is 4.98 Å². The lowest BCUT2D eigenvalue weighted by atomic mass is 10.3. The Kier molecular flexibility index (Phi) is 9.34. The van der Waals surface area contributed by atoms with Gasteiger partial charge in [-0.25, -0.2) is 0 Å². The van der Waals surface area contributed by atoms with Crippen LogP contribution >= 0.6 is 0 Å². The molecule has 1 rings (SSSR count). The molecule has 0 radical (unpaired) electrons. The Morgan fingerprint density at radius 2 is 1.94 bits per heavy atom. The molecule has 1 aromatic rings. The van der Waals surface area contributed by atoms with Gasteiger partial charge >= 0.3 is 0 Å². The van der Waals surface area contributed by atoms with E-state index in [0.29, 0.717) is 19.8 Å². The minimum atomic E-state index is 0.676. The summed E-state index contributed by atoms with van der Waals surface area (Å²) in [7, 11) is 0. The lowest BCUT2D eigenvalue weighted by Crippen LogP contribution is -2.20. The summed E-state index contributed by atoms with van der Waals surface area (Å²) in [5.74, 6) is 0. The van der Waals surface area contributed by atoms with Crippen molar-refractivity contribution in [1.82, 2.24) is 10.3 Å². The average Bonchev–Trinajstić information content (AvgIpc) is 2.42. The van der Waals surface area contributed by atoms with Crippen molar-refractivity contribution in [2.75, 3.05) is 33.0 Å². The van der Waals surface area contributed by atoms with Gasteiger partial charge in [0.15, 0.2) is 0 Å². The fourth-order valence-corrected chi connectivity index (χ4v) is 1.43. The molecule has 1 N–H and O–H groups in total. The highest BCUT2D eigenvalue weighted by atomic mass is 16.5. The van der Waals surface area contributed by atoms with E-state index in [0.717, 1.165) is 31.8 Å². The molecule has 4 heteroatoms. The molecule has 0 aliphatic rings. The molecule has 0 aromatic carbocycles. The Balaban J connectivity index is 1.82. The van der Waals surface area contributed by atoms with Crippen molar-refractivity contribution < 1.29 is 9.47 Å². The smallest absolute Gasteiger partial charge is 0.0701 e. The van der Waals surface area contributed by atoms with Crippen molar-refractivity contribution in [1.29, 1.82) is 0 Å². The number of pyridine rings is 1. The van der Waals surface area contributed by atoms with Gasteiger partial charge < -0.3 is 14.8 Å². The maximum atomic E-state index is 5.44. The summed E-state index contributed by atoms with van der Waals surface area (Å²) in [6.45, 7) is 6.72. The van der Waals surface area contributed by atoms with Crippen LogP contribution < -0.4 is 5.32 Å². The zero-order chi connectivity index (χ0) is 12.9. The Bertz CT molecular complexity index is 280. The van der Waals surface area contributed by atoms with Crippen molar-refractivity contribution in [2.24, 2.45) is 0 Å². The van der Waals surface area contributed by atoms with Crippen LogP contribution in [0.2, 0.25) is 0 Å². The Hall–Kier alpha value is -0.970. The van der Waals surface area contributed by atoms with Crippen molar-refractivity contribution in [2.45, 2.75) is 26.3 Å².